The van der Waals surface area contributed by atoms with Crippen LogP contribution in [0.15, 0.2) is 0 Å². The zero-order chi connectivity index (χ0) is 10.2. The molecule has 81 valence electrons. The minimum atomic E-state index is -0.106. The van der Waals surface area contributed by atoms with E-state index >= 15 is 0 Å². The summed E-state index contributed by atoms with van der Waals surface area (Å²) in [6.45, 7) is 2.13. The lowest BCUT2D eigenvalue weighted by Crippen LogP contribution is -2.20. The van der Waals surface area contributed by atoms with Crippen LogP contribution in [0.1, 0.15) is 58.3 Å². The van der Waals surface area contributed by atoms with E-state index in [2.05, 4.69) is 6.92 Å². The first kappa shape index (κ1) is 11.5. The smallest absolute Gasteiger partial charge is 0.310 e. The molecule has 1 saturated carbocycles. The van der Waals surface area contributed by atoms with Crippen molar-refractivity contribution in [3.05, 3.63) is 6.42 Å². The van der Waals surface area contributed by atoms with E-state index in [-0.39, 0.29) is 12.1 Å². The fourth-order valence-corrected chi connectivity index (χ4v) is 1.82. The number of carbonyl (C=O) groups is 1. The molecule has 0 aromatic carbocycles. The van der Waals surface area contributed by atoms with E-state index in [0.29, 0.717) is 0 Å². The molecular weight excluding hydrogens is 176 g/mol. The number of esters is 1. The number of rotatable bonds is 5. The summed E-state index contributed by atoms with van der Waals surface area (Å²) in [5, 5.41) is 0. The first-order valence-electron chi connectivity index (χ1n) is 5.86. The number of unbranched alkanes of at least 4 members (excludes halogenated alkanes) is 2. The second-order valence-corrected chi connectivity index (χ2v) is 4.04. The summed E-state index contributed by atoms with van der Waals surface area (Å²) < 4.78 is 5.34. The van der Waals surface area contributed by atoms with Gasteiger partial charge in [-0.25, -0.2) is 0 Å². The highest BCUT2D eigenvalue weighted by molar-refractivity contribution is 5.78. The fraction of sp³-hybridized carbons (Fsp3) is 0.833. The summed E-state index contributed by atoms with van der Waals surface area (Å²) >= 11 is 0. The average molecular weight is 197 g/mol. The molecule has 1 aliphatic carbocycles. The van der Waals surface area contributed by atoms with Crippen LogP contribution in [-0.4, -0.2) is 12.1 Å². The molecule has 2 nitrogen and oxygen atoms in total. The van der Waals surface area contributed by atoms with Crippen LogP contribution in [0.2, 0.25) is 0 Å². The van der Waals surface area contributed by atoms with Crippen LogP contribution < -0.4 is 0 Å². The molecule has 1 rings (SSSR count). The van der Waals surface area contributed by atoms with E-state index in [1.807, 2.05) is 0 Å². The van der Waals surface area contributed by atoms with Gasteiger partial charge in [0, 0.05) is 0 Å². The summed E-state index contributed by atoms with van der Waals surface area (Å²) in [5.41, 5.74) is 0. The Balaban J connectivity index is 2.06. The van der Waals surface area contributed by atoms with Gasteiger partial charge in [0.05, 0.1) is 6.42 Å². The van der Waals surface area contributed by atoms with Crippen molar-refractivity contribution in [2.45, 2.75) is 64.4 Å². The molecular formula is C12H21O2. The fourth-order valence-electron chi connectivity index (χ4n) is 1.82. The van der Waals surface area contributed by atoms with Crippen molar-refractivity contribution in [2.75, 3.05) is 0 Å². The van der Waals surface area contributed by atoms with Crippen LogP contribution in [0.25, 0.3) is 0 Å². The molecule has 0 N–H and O–H groups in total. The summed E-state index contributed by atoms with van der Waals surface area (Å²) in [5.74, 6) is -0.106. The predicted molar refractivity (Wildman–Crippen MR) is 56.8 cm³/mol. The molecule has 0 heterocycles. The zero-order valence-electron chi connectivity index (χ0n) is 9.13. The number of hydrogen-bond acceptors (Lipinski definition) is 2. The second-order valence-electron chi connectivity index (χ2n) is 4.04. The van der Waals surface area contributed by atoms with Gasteiger partial charge in [0.25, 0.3) is 0 Å². The van der Waals surface area contributed by atoms with Crippen molar-refractivity contribution < 1.29 is 9.53 Å². The van der Waals surface area contributed by atoms with Crippen molar-refractivity contribution >= 4 is 5.97 Å². The minimum absolute atomic E-state index is 0.106. The van der Waals surface area contributed by atoms with Crippen molar-refractivity contribution in [1.29, 1.82) is 0 Å². The Morgan fingerprint density at radius 1 is 1.36 bits per heavy atom. The first-order valence-corrected chi connectivity index (χ1v) is 5.86. The molecule has 0 aromatic rings. The maximum Gasteiger partial charge on any atom is 0.310 e. The molecule has 0 aliphatic heterocycles. The molecule has 14 heavy (non-hydrogen) atoms. The normalized spacial score (nSPS) is 18.1. The van der Waals surface area contributed by atoms with E-state index in [9.17, 15) is 4.79 Å². The molecule has 2 heteroatoms. The van der Waals surface area contributed by atoms with Crippen molar-refractivity contribution in [3.63, 3.8) is 0 Å². The Labute approximate surface area is 87.0 Å². The number of ether oxygens (including phenoxy) is 1. The molecule has 0 aromatic heterocycles. The Kier molecular flexibility index (Phi) is 5.65. The lowest BCUT2D eigenvalue weighted by Gasteiger charge is -2.21. The van der Waals surface area contributed by atoms with Crippen LogP contribution in [0, 0.1) is 6.42 Å². The van der Waals surface area contributed by atoms with Crippen LogP contribution in [0.4, 0.5) is 0 Å². The maximum atomic E-state index is 11.3. The monoisotopic (exact) mass is 197 g/mol. The number of carbonyl (C=O) groups excluding carboxylic acids is 1. The van der Waals surface area contributed by atoms with Gasteiger partial charge < -0.3 is 4.74 Å². The lowest BCUT2D eigenvalue weighted by molar-refractivity contribution is -0.146. The Morgan fingerprint density at radius 2 is 2.07 bits per heavy atom. The third-order valence-electron chi connectivity index (χ3n) is 2.70. The minimum Gasteiger partial charge on any atom is -0.462 e. The lowest BCUT2D eigenvalue weighted by atomic mass is 9.98. The van der Waals surface area contributed by atoms with Gasteiger partial charge >= 0.3 is 5.97 Å². The van der Waals surface area contributed by atoms with Crippen molar-refractivity contribution in [3.8, 4) is 0 Å². The SMILES string of the molecule is CCCC[CH]C(=O)OC1CCCCC1. The Morgan fingerprint density at radius 3 is 2.71 bits per heavy atom. The van der Waals surface area contributed by atoms with Gasteiger partial charge in [0.15, 0.2) is 0 Å². The van der Waals surface area contributed by atoms with Gasteiger partial charge in [-0.1, -0.05) is 26.2 Å². The molecule has 0 spiro atoms. The molecule has 0 amide bonds. The number of hydrogen-bond donors (Lipinski definition) is 0. The average Bonchev–Trinajstić information content (AvgIpc) is 2.20. The van der Waals surface area contributed by atoms with Crippen molar-refractivity contribution in [1.82, 2.24) is 0 Å². The van der Waals surface area contributed by atoms with Gasteiger partial charge in [-0.3, -0.25) is 4.79 Å². The molecule has 0 bridgehead atoms. The molecule has 1 aliphatic rings. The summed E-state index contributed by atoms with van der Waals surface area (Å²) in [4.78, 5) is 11.3. The van der Waals surface area contributed by atoms with Crippen LogP contribution >= 0.6 is 0 Å². The Hall–Kier alpha value is -0.530. The summed E-state index contributed by atoms with van der Waals surface area (Å²) in [7, 11) is 0. The van der Waals surface area contributed by atoms with Crippen LogP contribution in [0.3, 0.4) is 0 Å². The second kappa shape index (κ2) is 6.86. The molecule has 0 unspecified atom stereocenters. The van der Waals surface area contributed by atoms with E-state index in [1.165, 1.54) is 19.3 Å². The summed E-state index contributed by atoms with van der Waals surface area (Å²) in [6, 6.07) is 0. The van der Waals surface area contributed by atoms with Crippen LogP contribution in [-0.2, 0) is 9.53 Å². The highest BCUT2D eigenvalue weighted by Crippen LogP contribution is 2.20. The summed E-state index contributed by atoms with van der Waals surface area (Å²) in [6.07, 6.45) is 10.8. The van der Waals surface area contributed by atoms with Gasteiger partial charge in [-0.15, -0.1) is 0 Å². The first-order chi connectivity index (χ1) is 6.83. The van der Waals surface area contributed by atoms with E-state index in [1.54, 1.807) is 6.42 Å². The van der Waals surface area contributed by atoms with E-state index in [4.69, 9.17) is 4.74 Å². The molecule has 0 atom stereocenters. The van der Waals surface area contributed by atoms with Crippen LogP contribution in [0.5, 0.6) is 0 Å². The highest BCUT2D eigenvalue weighted by atomic mass is 16.5. The van der Waals surface area contributed by atoms with Gasteiger partial charge in [0.1, 0.15) is 6.10 Å². The van der Waals surface area contributed by atoms with E-state index in [0.717, 1.165) is 32.1 Å². The predicted octanol–water partition coefficient (Wildman–Crippen LogP) is 3.26. The van der Waals surface area contributed by atoms with Gasteiger partial charge in [0.2, 0.25) is 0 Å². The van der Waals surface area contributed by atoms with E-state index < -0.39 is 0 Å². The molecule has 1 radical (unpaired) electrons. The van der Waals surface area contributed by atoms with Gasteiger partial charge in [-0.05, 0) is 32.1 Å². The Bertz CT molecular complexity index is 160. The standard InChI is InChI=1S/C12H21O2/c1-2-3-5-10-12(13)14-11-8-6-4-7-9-11/h10-11H,2-9H2,1H3. The third kappa shape index (κ3) is 4.64. The maximum absolute atomic E-state index is 11.3. The highest BCUT2D eigenvalue weighted by Gasteiger charge is 2.17. The van der Waals surface area contributed by atoms with Gasteiger partial charge in [-0.2, -0.15) is 0 Å². The van der Waals surface area contributed by atoms with Crippen molar-refractivity contribution in [2.24, 2.45) is 0 Å². The topological polar surface area (TPSA) is 26.3 Å². The molecule has 0 saturated heterocycles. The molecule has 1 fully saturated rings. The largest absolute Gasteiger partial charge is 0.462 e. The quantitative estimate of drug-likeness (QED) is 0.499. The zero-order valence-corrected chi connectivity index (χ0v) is 9.13. The third-order valence-corrected chi connectivity index (χ3v) is 2.70.